The van der Waals surface area contributed by atoms with Crippen LogP contribution in [0.25, 0.3) is 0 Å². The van der Waals surface area contributed by atoms with Crippen LogP contribution in [-0.4, -0.2) is 24.7 Å². The summed E-state index contributed by atoms with van der Waals surface area (Å²) >= 11 is 0. The van der Waals surface area contributed by atoms with Gasteiger partial charge in [-0.15, -0.1) is 0 Å². The Balaban J connectivity index is 1.84. The number of nitrogens with zero attached hydrogens (tertiary/aromatic N) is 1. The number of carbonyl (C=O) groups is 2. The molecule has 0 spiro atoms. The SMILES string of the molecule is CCCCCCCCCC(=O)N/N=C/c1ccc(OC(=O)c2ccccc2)c(OCC)c1. The second-order valence-electron chi connectivity index (χ2n) is 7.56. The molecule has 0 bridgehead atoms. The lowest BCUT2D eigenvalue weighted by Crippen LogP contribution is -2.16. The van der Waals surface area contributed by atoms with Gasteiger partial charge >= 0.3 is 5.97 Å². The summed E-state index contributed by atoms with van der Waals surface area (Å²) in [5, 5.41) is 4.03. The second kappa shape index (κ2) is 14.8. The maximum atomic E-state index is 12.3. The molecule has 0 aliphatic heterocycles. The largest absolute Gasteiger partial charge is 0.490 e. The molecule has 0 aliphatic carbocycles. The molecule has 0 aromatic heterocycles. The molecule has 0 fully saturated rings. The summed E-state index contributed by atoms with van der Waals surface area (Å²) in [5.74, 6) is 0.231. The van der Waals surface area contributed by atoms with Crippen molar-refractivity contribution in [3.8, 4) is 11.5 Å². The number of esters is 1. The Morgan fingerprint density at radius 1 is 0.906 bits per heavy atom. The van der Waals surface area contributed by atoms with E-state index in [2.05, 4.69) is 17.5 Å². The van der Waals surface area contributed by atoms with Crippen molar-refractivity contribution in [2.75, 3.05) is 6.61 Å². The van der Waals surface area contributed by atoms with Gasteiger partial charge in [0.15, 0.2) is 11.5 Å². The number of hydrogen-bond donors (Lipinski definition) is 1. The zero-order chi connectivity index (χ0) is 23.0. The third kappa shape index (κ3) is 9.33. The van der Waals surface area contributed by atoms with Gasteiger partial charge in [-0.1, -0.05) is 63.6 Å². The molecule has 0 heterocycles. The summed E-state index contributed by atoms with van der Waals surface area (Å²) in [6.07, 6.45) is 10.2. The minimum absolute atomic E-state index is 0.0896. The minimum atomic E-state index is -0.453. The molecule has 2 aromatic rings. The quantitative estimate of drug-likeness (QED) is 0.131. The standard InChI is InChI=1S/C26H34N2O4/c1-3-5-6-7-8-9-13-16-25(29)28-27-20-21-17-18-23(24(19-21)31-4-2)32-26(30)22-14-11-10-12-15-22/h10-12,14-15,17-20H,3-9,13,16H2,1-2H3,(H,28,29)/b27-20+. The van der Waals surface area contributed by atoms with Crippen LogP contribution in [-0.2, 0) is 4.79 Å². The van der Waals surface area contributed by atoms with E-state index in [9.17, 15) is 9.59 Å². The average molecular weight is 439 g/mol. The van der Waals surface area contributed by atoms with E-state index in [4.69, 9.17) is 9.47 Å². The summed E-state index contributed by atoms with van der Waals surface area (Å²) in [5.41, 5.74) is 3.75. The van der Waals surface area contributed by atoms with E-state index < -0.39 is 5.97 Å². The Labute approximate surface area is 191 Å². The van der Waals surface area contributed by atoms with Crippen LogP contribution in [0.5, 0.6) is 11.5 Å². The van der Waals surface area contributed by atoms with Crippen LogP contribution < -0.4 is 14.9 Å². The maximum Gasteiger partial charge on any atom is 0.343 e. The molecule has 6 heteroatoms. The maximum absolute atomic E-state index is 12.3. The van der Waals surface area contributed by atoms with Crippen molar-refractivity contribution in [3.63, 3.8) is 0 Å². The number of hydrogen-bond acceptors (Lipinski definition) is 5. The molecule has 0 saturated heterocycles. The lowest BCUT2D eigenvalue weighted by molar-refractivity contribution is -0.121. The number of rotatable bonds is 14. The molecule has 0 unspecified atom stereocenters. The lowest BCUT2D eigenvalue weighted by atomic mass is 10.1. The fourth-order valence-electron chi connectivity index (χ4n) is 3.17. The van der Waals surface area contributed by atoms with Gasteiger partial charge in [0.25, 0.3) is 0 Å². The highest BCUT2D eigenvalue weighted by Gasteiger charge is 2.13. The van der Waals surface area contributed by atoms with Gasteiger partial charge in [-0.05, 0) is 49.2 Å². The number of amides is 1. The number of ether oxygens (including phenoxy) is 2. The van der Waals surface area contributed by atoms with Gasteiger partial charge < -0.3 is 9.47 Å². The molecule has 6 nitrogen and oxygen atoms in total. The van der Waals surface area contributed by atoms with Gasteiger partial charge in [0, 0.05) is 6.42 Å². The molecule has 172 valence electrons. The summed E-state index contributed by atoms with van der Waals surface area (Å²) in [6.45, 7) is 4.48. The number of hydrazone groups is 1. The van der Waals surface area contributed by atoms with E-state index >= 15 is 0 Å². The highest BCUT2D eigenvalue weighted by atomic mass is 16.6. The third-order valence-electron chi connectivity index (χ3n) is 4.89. The van der Waals surface area contributed by atoms with E-state index in [1.54, 1.807) is 48.7 Å². The third-order valence-corrected chi connectivity index (χ3v) is 4.89. The molecule has 0 atom stereocenters. The predicted octanol–water partition coefficient (Wildman–Crippen LogP) is 5.90. The number of nitrogens with one attached hydrogen (secondary N) is 1. The molecular weight excluding hydrogens is 404 g/mol. The first-order chi connectivity index (χ1) is 15.6. The van der Waals surface area contributed by atoms with Crippen LogP contribution >= 0.6 is 0 Å². The summed E-state index contributed by atoms with van der Waals surface area (Å²) in [6, 6.07) is 13.9. The van der Waals surface area contributed by atoms with Crippen LogP contribution in [0, 0.1) is 0 Å². The van der Waals surface area contributed by atoms with Crippen molar-refractivity contribution in [2.24, 2.45) is 5.10 Å². The van der Waals surface area contributed by atoms with Gasteiger partial charge in [-0.3, -0.25) is 4.79 Å². The highest BCUT2D eigenvalue weighted by molar-refractivity contribution is 5.91. The van der Waals surface area contributed by atoms with Crippen LogP contribution in [0.2, 0.25) is 0 Å². The van der Waals surface area contributed by atoms with Gasteiger partial charge in [0.2, 0.25) is 5.91 Å². The lowest BCUT2D eigenvalue weighted by Gasteiger charge is -2.11. The van der Waals surface area contributed by atoms with Crippen molar-refractivity contribution in [1.82, 2.24) is 5.43 Å². The second-order valence-corrected chi connectivity index (χ2v) is 7.56. The Kier molecular flexibility index (Phi) is 11.6. The highest BCUT2D eigenvalue weighted by Crippen LogP contribution is 2.29. The predicted molar refractivity (Wildman–Crippen MR) is 127 cm³/mol. The number of benzene rings is 2. The van der Waals surface area contributed by atoms with Gasteiger partial charge in [0.1, 0.15) is 0 Å². The smallest absolute Gasteiger partial charge is 0.343 e. The van der Waals surface area contributed by atoms with Crippen LogP contribution in [0.4, 0.5) is 0 Å². The van der Waals surface area contributed by atoms with Crippen molar-refractivity contribution in [3.05, 3.63) is 59.7 Å². The fraction of sp³-hybridized carbons (Fsp3) is 0.423. The van der Waals surface area contributed by atoms with E-state index in [0.29, 0.717) is 30.1 Å². The summed E-state index contributed by atoms with van der Waals surface area (Å²) in [4.78, 5) is 24.3. The topological polar surface area (TPSA) is 77.0 Å². The first kappa shape index (κ1) is 25.1. The van der Waals surface area contributed by atoms with Crippen molar-refractivity contribution < 1.29 is 19.1 Å². The zero-order valence-corrected chi connectivity index (χ0v) is 19.1. The first-order valence-electron chi connectivity index (χ1n) is 11.5. The molecule has 0 radical (unpaired) electrons. The molecule has 0 aliphatic rings. The summed E-state index contributed by atoms with van der Waals surface area (Å²) < 4.78 is 11.1. The van der Waals surface area contributed by atoms with Gasteiger partial charge in [0.05, 0.1) is 18.4 Å². The Hall–Kier alpha value is -3.15. The normalized spacial score (nSPS) is 10.8. The van der Waals surface area contributed by atoms with Crippen LogP contribution in [0.1, 0.15) is 81.1 Å². The first-order valence-corrected chi connectivity index (χ1v) is 11.5. The number of carbonyl (C=O) groups excluding carboxylic acids is 2. The molecule has 0 saturated carbocycles. The molecule has 1 amide bonds. The van der Waals surface area contributed by atoms with E-state index in [-0.39, 0.29) is 5.91 Å². The molecular formula is C26H34N2O4. The van der Waals surface area contributed by atoms with E-state index in [0.717, 1.165) is 18.4 Å². The average Bonchev–Trinajstić information content (AvgIpc) is 2.81. The Bertz CT molecular complexity index is 865. The Morgan fingerprint density at radius 3 is 2.34 bits per heavy atom. The minimum Gasteiger partial charge on any atom is -0.490 e. The molecule has 2 aromatic carbocycles. The monoisotopic (exact) mass is 438 g/mol. The van der Waals surface area contributed by atoms with Gasteiger partial charge in [-0.25, -0.2) is 10.2 Å². The van der Waals surface area contributed by atoms with Crippen LogP contribution in [0.15, 0.2) is 53.6 Å². The zero-order valence-electron chi connectivity index (χ0n) is 19.1. The van der Waals surface area contributed by atoms with Crippen molar-refractivity contribution in [2.45, 2.75) is 65.2 Å². The number of unbranched alkanes of at least 4 members (excludes halogenated alkanes) is 6. The van der Waals surface area contributed by atoms with Crippen LogP contribution in [0.3, 0.4) is 0 Å². The fourth-order valence-corrected chi connectivity index (χ4v) is 3.17. The van der Waals surface area contributed by atoms with E-state index in [1.807, 2.05) is 13.0 Å². The van der Waals surface area contributed by atoms with Gasteiger partial charge in [-0.2, -0.15) is 5.10 Å². The molecule has 1 N–H and O–H groups in total. The molecule has 2 rings (SSSR count). The molecule has 32 heavy (non-hydrogen) atoms. The van der Waals surface area contributed by atoms with E-state index in [1.165, 1.54) is 32.1 Å². The Morgan fingerprint density at radius 2 is 1.62 bits per heavy atom. The summed E-state index contributed by atoms with van der Waals surface area (Å²) in [7, 11) is 0. The van der Waals surface area contributed by atoms with Crippen molar-refractivity contribution >= 4 is 18.1 Å². The van der Waals surface area contributed by atoms with Crippen molar-refractivity contribution in [1.29, 1.82) is 0 Å².